The third kappa shape index (κ3) is 1.81. The fourth-order valence-corrected chi connectivity index (χ4v) is 2.36. The molecule has 8 nitrogen and oxygen atoms in total. The molecular weight excluding hydrogens is 252 g/mol. The van der Waals surface area contributed by atoms with Gasteiger partial charge >= 0.3 is 0 Å². The summed E-state index contributed by atoms with van der Waals surface area (Å²) in [5, 5.41) is 29.3. The number of ether oxygens (including phenoxy) is 1. The first-order valence-electron chi connectivity index (χ1n) is 5.86. The van der Waals surface area contributed by atoms with Crippen molar-refractivity contribution >= 4 is 16.9 Å². The topological polar surface area (TPSA) is 127 Å². The highest BCUT2D eigenvalue weighted by Gasteiger charge is 2.36. The predicted molar refractivity (Wildman–Crippen MR) is 65.2 cm³/mol. The summed E-state index contributed by atoms with van der Waals surface area (Å²) in [6, 6.07) is 1.45. The normalized spacial score (nSPS) is 27.2. The first-order valence-corrected chi connectivity index (χ1v) is 5.86. The summed E-state index contributed by atoms with van der Waals surface area (Å²) in [5.41, 5.74) is 6.14. The Morgan fingerprint density at radius 3 is 2.95 bits per heavy atom. The van der Waals surface area contributed by atoms with Gasteiger partial charge in [0.1, 0.15) is 24.5 Å². The van der Waals surface area contributed by atoms with E-state index in [0.29, 0.717) is 11.0 Å². The maximum absolute atomic E-state index is 9.98. The number of nitrogen functional groups attached to an aromatic ring is 1. The van der Waals surface area contributed by atoms with Gasteiger partial charge < -0.3 is 25.8 Å². The van der Waals surface area contributed by atoms with Crippen molar-refractivity contribution in [2.24, 2.45) is 0 Å². The molecular formula is C11H14N4O4. The Hall–Kier alpha value is -1.90. The Balaban J connectivity index is 2.06. The van der Waals surface area contributed by atoms with Gasteiger partial charge in [-0.15, -0.1) is 0 Å². The van der Waals surface area contributed by atoms with Gasteiger partial charge in [0.15, 0.2) is 11.5 Å². The zero-order chi connectivity index (χ0) is 13.6. The average Bonchev–Trinajstić information content (AvgIpc) is 2.90. The molecule has 8 heteroatoms. The van der Waals surface area contributed by atoms with Crippen molar-refractivity contribution in [3.05, 3.63) is 12.4 Å². The second-order valence-electron chi connectivity index (χ2n) is 4.48. The van der Waals surface area contributed by atoms with Crippen molar-refractivity contribution in [2.45, 2.75) is 24.9 Å². The van der Waals surface area contributed by atoms with Gasteiger partial charge in [0.25, 0.3) is 0 Å². The van der Waals surface area contributed by atoms with E-state index in [9.17, 15) is 10.2 Å². The Morgan fingerprint density at radius 1 is 1.47 bits per heavy atom. The summed E-state index contributed by atoms with van der Waals surface area (Å²) in [6.07, 6.45) is -0.499. The van der Waals surface area contributed by atoms with E-state index in [-0.39, 0.29) is 24.7 Å². The number of nitrogens with two attached hydrogens (primary N) is 1. The molecule has 0 amide bonds. The van der Waals surface area contributed by atoms with Gasteiger partial charge in [-0.3, -0.25) is 4.57 Å². The lowest BCUT2D eigenvalue weighted by Gasteiger charge is -2.15. The number of nitrogens with zero attached hydrogens (tertiary/aromatic N) is 3. The molecule has 3 atom stereocenters. The van der Waals surface area contributed by atoms with Crippen LogP contribution in [0.4, 0.5) is 5.82 Å². The molecule has 19 heavy (non-hydrogen) atoms. The van der Waals surface area contributed by atoms with Crippen LogP contribution < -0.4 is 5.73 Å². The molecule has 2 aromatic heterocycles. The van der Waals surface area contributed by atoms with E-state index in [2.05, 4.69) is 9.97 Å². The number of aliphatic hydroxyl groups excluding tert-OH is 2. The number of fused-ring (bicyclic) bond motifs is 1. The highest BCUT2D eigenvalue weighted by Crippen LogP contribution is 2.36. The summed E-state index contributed by atoms with van der Waals surface area (Å²) in [6.45, 7) is -0.283. The minimum Gasteiger partial charge on any atom is -0.494 e. The lowest BCUT2D eigenvalue weighted by Crippen LogP contribution is -2.24. The largest absolute Gasteiger partial charge is 0.494 e. The Bertz CT molecular complexity index is 614. The molecule has 0 spiro atoms. The second kappa shape index (κ2) is 4.34. The van der Waals surface area contributed by atoms with E-state index >= 15 is 0 Å². The van der Waals surface area contributed by atoms with E-state index < -0.39 is 18.4 Å². The standard InChI is InChI=1S/C11H14N4O4/c12-10-5-1-8(18)15(11(5)14-4-13-10)9-2-6(17)7(3-16)19-9/h1,4,6-7,9,16-18H,2-3H2,(H2,12,13,14)/t6?,7-,9-/m1/s1. The molecule has 0 radical (unpaired) electrons. The molecule has 0 aliphatic carbocycles. The fraction of sp³-hybridized carbons (Fsp3) is 0.455. The molecule has 0 saturated carbocycles. The molecule has 1 saturated heterocycles. The molecule has 1 fully saturated rings. The number of aliphatic hydroxyl groups is 2. The number of aromatic hydroxyl groups is 1. The smallest absolute Gasteiger partial charge is 0.195 e. The predicted octanol–water partition coefficient (Wildman–Crippen LogP) is -0.640. The zero-order valence-electron chi connectivity index (χ0n) is 9.97. The van der Waals surface area contributed by atoms with Crippen molar-refractivity contribution in [1.82, 2.24) is 14.5 Å². The van der Waals surface area contributed by atoms with Gasteiger partial charge in [-0.2, -0.15) is 0 Å². The van der Waals surface area contributed by atoms with E-state index in [4.69, 9.17) is 15.6 Å². The minimum atomic E-state index is -0.786. The van der Waals surface area contributed by atoms with Crippen LogP contribution in [-0.2, 0) is 4.74 Å². The number of hydrogen-bond acceptors (Lipinski definition) is 7. The lowest BCUT2D eigenvalue weighted by atomic mass is 10.2. The monoisotopic (exact) mass is 266 g/mol. The van der Waals surface area contributed by atoms with Crippen molar-refractivity contribution in [3.8, 4) is 5.88 Å². The minimum absolute atomic E-state index is 0.0713. The zero-order valence-corrected chi connectivity index (χ0v) is 9.97. The second-order valence-corrected chi connectivity index (χ2v) is 4.48. The van der Waals surface area contributed by atoms with Crippen molar-refractivity contribution in [2.75, 3.05) is 12.3 Å². The molecule has 3 rings (SSSR count). The molecule has 5 N–H and O–H groups in total. The van der Waals surface area contributed by atoms with Gasteiger partial charge in [0.2, 0.25) is 0 Å². The Morgan fingerprint density at radius 2 is 2.26 bits per heavy atom. The van der Waals surface area contributed by atoms with Crippen molar-refractivity contribution in [1.29, 1.82) is 0 Å². The van der Waals surface area contributed by atoms with E-state index in [1.165, 1.54) is 17.0 Å². The van der Waals surface area contributed by atoms with Gasteiger partial charge in [-0.05, 0) is 0 Å². The third-order valence-electron chi connectivity index (χ3n) is 3.31. The van der Waals surface area contributed by atoms with Gasteiger partial charge in [-0.1, -0.05) is 0 Å². The Kier molecular flexibility index (Phi) is 2.77. The maximum atomic E-state index is 9.98. The number of hydrogen-bond donors (Lipinski definition) is 4. The van der Waals surface area contributed by atoms with E-state index in [1.54, 1.807) is 0 Å². The van der Waals surface area contributed by atoms with Crippen LogP contribution in [0.15, 0.2) is 12.4 Å². The van der Waals surface area contributed by atoms with Crippen LogP contribution in [0.25, 0.3) is 11.0 Å². The molecule has 0 aromatic carbocycles. The van der Waals surface area contributed by atoms with Crippen LogP contribution in [0.1, 0.15) is 12.6 Å². The summed E-state index contributed by atoms with van der Waals surface area (Å²) in [7, 11) is 0. The SMILES string of the molecule is Nc1ncnc2c1cc(O)n2[C@H]1CC(O)[C@@H](CO)O1. The maximum Gasteiger partial charge on any atom is 0.195 e. The molecule has 1 aliphatic heterocycles. The summed E-state index contributed by atoms with van der Waals surface area (Å²) in [5.74, 6) is 0.189. The molecule has 1 aliphatic rings. The van der Waals surface area contributed by atoms with Gasteiger partial charge in [0, 0.05) is 12.5 Å². The molecule has 0 bridgehead atoms. The van der Waals surface area contributed by atoms with E-state index in [0.717, 1.165) is 0 Å². The molecule has 102 valence electrons. The number of anilines is 1. The first kappa shape index (κ1) is 12.2. The summed E-state index contributed by atoms with van der Waals surface area (Å²) >= 11 is 0. The highest BCUT2D eigenvalue weighted by molar-refractivity contribution is 5.87. The van der Waals surface area contributed by atoms with E-state index in [1.807, 2.05) is 0 Å². The first-order chi connectivity index (χ1) is 9.11. The van der Waals surface area contributed by atoms with Gasteiger partial charge in [-0.25, -0.2) is 9.97 Å². The molecule has 2 aromatic rings. The van der Waals surface area contributed by atoms with Gasteiger partial charge in [0.05, 0.1) is 18.1 Å². The third-order valence-corrected chi connectivity index (χ3v) is 3.31. The lowest BCUT2D eigenvalue weighted by molar-refractivity contribution is -0.0447. The van der Waals surface area contributed by atoms with Crippen LogP contribution in [0.3, 0.4) is 0 Å². The van der Waals surface area contributed by atoms with Crippen LogP contribution in [0.5, 0.6) is 5.88 Å². The quantitative estimate of drug-likeness (QED) is 0.569. The van der Waals surface area contributed by atoms with Crippen molar-refractivity contribution in [3.63, 3.8) is 0 Å². The van der Waals surface area contributed by atoms with Crippen LogP contribution in [0, 0.1) is 0 Å². The average molecular weight is 266 g/mol. The molecule has 3 heterocycles. The van der Waals surface area contributed by atoms with Crippen LogP contribution in [-0.4, -0.2) is 48.7 Å². The summed E-state index contributed by atoms with van der Waals surface area (Å²) < 4.78 is 6.93. The number of aromatic nitrogens is 3. The fourth-order valence-electron chi connectivity index (χ4n) is 2.36. The molecule has 1 unspecified atom stereocenters. The van der Waals surface area contributed by atoms with Crippen LogP contribution >= 0.6 is 0 Å². The Labute approximate surface area is 108 Å². The van der Waals surface area contributed by atoms with Crippen LogP contribution in [0.2, 0.25) is 0 Å². The highest BCUT2D eigenvalue weighted by atomic mass is 16.5. The summed E-state index contributed by atoms with van der Waals surface area (Å²) in [4.78, 5) is 7.92. The number of rotatable bonds is 2. The van der Waals surface area contributed by atoms with Crippen molar-refractivity contribution < 1.29 is 20.1 Å².